The normalized spacial score (nSPS) is 17.1. The molecule has 1 atom stereocenters. The van der Waals surface area contributed by atoms with Gasteiger partial charge in [0.05, 0.1) is 5.25 Å². The Bertz CT molecular complexity index is 1340. The highest BCUT2D eigenvalue weighted by Crippen LogP contribution is 2.41. The summed E-state index contributed by atoms with van der Waals surface area (Å²) in [5.41, 5.74) is 2.13. The van der Waals surface area contributed by atoms with Gasteiger partial charge >= 0.3 is 5.69 Å². The average molecular weight is 437 g/mol. The van der Waals surface area contributed by atoms with Crippen molar-refractivity contribution in [1.82, 2.24) is 19.5 Å². The molecule has 0 aliphatic heterocycles. The summed E-state index contributed by atoms with van der Waals surface area (Å²) in [7, 11) is 0. The van der Waals surface area contributed by atoms with Crippen LogP contribution in [0.25, 0.3) is 11.0 Å². The zero-order valence-corrected chi connectivity index (χ0v) is 18.6. The summed E-state index contributed by atoms with van der Waals surface area (Å²) in [6.45, 7) is 5.73. The van der Waals surface area contributed by atoms with Crippen LogP contribution < -0.4 is 11.2 Å². The lowest BCUT2D eigenvalue weighted by molar-refractivity contribution is 0.0993. The summed E-state index contributed by atoms with van der Waals surface area (Å²) in [4.78, 5) is 50.3. The molecular formula is C23H24N4O3S. The Morgan fingerprint density at radius 3 is 2.58 bits per heavy atom. The maximum atomic E-state index is 13.2. The van der Waals surface area contributed by atoms with Crippen LogP contribution in [0.3, 0.4) is 0 Å². The molecule has 1 N–H and O–H groups in total. The van der Waals surface area contributed by atoms with Crippen LogP contribution in [-0.2, 0) is 0 Å². The number of Topliss-reactive ketones (excluding diaryl/α,β-unsaturated/α-hetero) is 1. The number of carbonyl (C=O) groups is 1. The monoisotopic (exact) mass is 436 g/mol. The standard InChI is InChI=1S/C23H24N4O3S/c1-11-4-5-12(2)16(10-11)18(28)13(3)31-22-17-20(24-19(25-22)14-6-7-14)27(15-8-9-15)23(30)26-21(17)29/h4-5,10,13-15H,6-9H2,1-3H3,(H,26,29,30). The summed E-state index contributed by atoms with van der Waals surface area (Å²) in [6, 6.07) is 5.91. The first kappa shape index (κ1) is 20.2. The number of ketones is 1. The van der Waals surface area contributed by atoms with Gasteiger partial charge in [0.2, 0.25) is 0 Å². The van der Waals surface area contributed by atoms with Crippen LogP contribution in [0.5, 0.6) is 0 Å². The zero-order valence-electron chi connectivity index (χ0n) is 17.8. The fourth-order valence-corrected chi connectivity index (χ4v) is 4.87. The number of hydrogen-bond acceptors (Lipinski definition) is 6. The largest absolute Gasteiger partial charge is 0.330 e. The Labute approximate surface area is 183 Å². The molecule has 0 amide bonds. The van der Waals surface area contributed by atoms with Crippen molar-refractivity contribution in [3.8, 4) is 0 Å². The van der Waals surface area contributed by atoms with E-state index in [1.807, 2.05) is 39.0 Å². The van der Waals surface area contributed by atoms with Gasteiger partial charge in [-0.2, -0.15) is 0 Å². The zero-order chi connectivity index (χ0) is 21.9. The number of thioether (sulfide) groups is 1. The van der Waals surface area contributed by atoms with E-state index in [1.165, 1.54) is 11.8 Å². The summed E-state index contributed by atoms with van der Waals surface area (Å²) in [5.74, 6) is 0.925. The highest BCUT2D eigenvalue weighted by Gasteiger charge is 2.33. The third kappa shape index (κ3) is 3.73. The molecule has 2 aliphatic rings. The number of benzene rings is 1. The number of aryl methyl sites for hydroxylation is 2. The van der Waals surface area contributed by atoms with E-state index in [0.717, 1.165) is 36.8 Å². The first-order valence-electron chi connectivity index (χ1n) is 10.7. The van der Waals surface area contributed by atoms with Crippen LogP contribution in [0, 0.1) is 13.8 Å². The average Bonchev–Trinajstić information content (AvgIpc) is 3.61. The molecule has 2 saturated carbocycles. The van der Waals surface area contributed by atoms with Crippen molar-refractivity contribution in [2.24, 2.45) is 0 Å². The third-order valence-corrected chi connectivity index (χ3v) is 7.03. The Morgan fingerprint density at radius 2 is 1.90 bits per heavy atom. The third-order valence-electron chi connectivity index (χ3n) is 5.94. The van der Waals surface area contributed by atoms with Crippen molar-refractivity contribution in [3.63, 3.8) is 0 Å². The van der Waals surface area contributed by atoms with Crippen molar-refractivity contribution < 1.29 is 4.79 Å². The Kier molecular flexibility index (Phi) is 4.84. The molecule has 160 valence electrons. The summed E-state index contributed by atoms with van der Waals surface area (Å²) in [6.07, 6.45) is 3.80. The van der Waals surface area contributed by atoms with Gasteiger partial charge in [0, 0.05) is 17.5 Å². The van der Waals surface area contributed by atoms with Crippen molar-refractivity contribution in [2.75, 3.05) is 0 Å². The number of hydrogen-bond donors (Lipinski definition) is 1. The molecular weight excluding hydrogens is 412 g/mol. The number of carbonyl (C=O) groups excluding carboxylic acids is 1. The maximum absolute atomic E-state index is 13.2. The maximum Gasteiger partial charge on any atom is 0.330 e. The fourth-order valence-electron chi connectivity index (χ4n) is 3.86. The molecule has 2 aromatic heterocycles. The second-order valence-electron chi connectivity index (χ2n) is 8.66. The molecule has 0 radical (unpaired) electrons. The van der Waals surface area contributed by atoms with Crippen molar-refractivity contribution in [1.29, 1.82) is 0 Å². The molecule has 7 nitrogen and oxygen atoms in total. The highest BCUT2D eigenvalue weighted by molar-refractivity contribution is 8.00. The fraction of sp³-hybridized carbons (Fsp3) is 0.435. The number of nitrogens with one attached hydrogen (secondary N) is 1. The predicted molar refractivity (Wildman–Crippen MR) is 120 cm³/mol. The minimum absolute atomic E-state index is 0.00197. The molecule has 2 fully saturated rings. The summed E-state index contributed by atoms with van der Waals surface area (Å²) < 4.78 is 1.60. The molecule has 2 aliphatic carbocycles. The van der Waals surface area contributed by atoms with E-state index in [2.05, 4.69) is 9.97 Å². The topological polar surface area (TPSA) is 97.7 Å². The molecule has 2 heterocycles. The molecule has 0 spiro atoms. The Balaban J connectivity index is 1.61. The van der Waals surface area contributed by atoms with E-state index in [0.29, 0.717) is 27.4 Å². The van der Waals surface area contributed by atoms with Crippen LogP contribution in [0.15, 0.2) is 32.8 Å². The van der Waals surface area contributed by atoms with E-state index in [4.69, 9.17) is 4.98 Å². The van der Waals surface area contributed by atoms with E-state index in [1.54, 1.807) is 4.57 Å². The van der Waals surface area contributed by atoms with Crippen molar-refractivity contribution in [3.05, 3.63) is 61.6 Å². The Morgan fingerprint density at radius 1 is 1.16 bits per heavy atom. The van der Waals surface area contributed by atoms with E-state index >= 15 is 0 Å². The molecule has 1 aromatic carbocycles. The van der Waals surface area contributed by atoms with Crippen LogP contribution in [0.1, 0.15) is 71.9 Å². The first-order chi connectivity index (χ1) is 14.8. The van der Waals surface area contributed by atoms with E-state index in [9.17, 15) is 14.4 Å². The van der Waals surface area contributed by atoms with Crippen LogP contribution >= 0.6 is 11.8 Å². The first-order valence-corrected chi connectivity index (χ1v) is 11.6. The lowest BCUT2D eigenvalue weighted by Crippen LogP contribution is -2.31. The van der Waals surface area contributed by atoms with Crippen molar-refractivity contribution >= 4 is 28.6 Å². The van der Waals surface area contributed by atoms with Gasteiger partial charge in [0.25, 0.3) is 5.56 Å². The van der Waals surface area contributed by atoms with Crippen LogP contribution in [-0.4, -0.2) is 30.6 Å². The quantitative estimate of drug-likeness (QED) is 0.360. The van der Waals surface area contributed by atoms with E-state index in [-0.39, 0.29) is 17.7 Å². The number of nitrogens with zero attached hydrogens (tertiary/aromatic N) is 3. The second kappa shape index (κ2) is 7.44. The number of rotatable bonds is 6. The highest BCUT2D eigenvalue weighted by atomic mass is 32.2. The minimum Gasteiger partial charge on any atom is -0.293 e. The number of aromatic nitrogens is 4. The number of aromatic amines is 1. The summed E-state index contributed by atoms with van der Waals surface area (Å²) in [5, 5.41) is 0.349. The van der Waals surface area contributed by atoms with Gasteiger partial charge in [-0.05, 0) is 58.1 Å². The smallest absolute Gasteiger partial charge is 0.293 e. The summed E-state index contributed by atoms with van der Waals surface area (Å²) >= 11 is 1.27. The van der Waals surface area contributed by atoms with Gasteiger partial charge < -0.3 is 0 Å². The lowest BCUT2D eigenvalue weighted by atomic mass is 10.0. The van der Waals surface area contributed by atoms with Gasteiger partial charge in [0.15, 0.2) is 11.4 Å². The van der Waals surface area contributed by atoms with Gasteiger partial charge in [-0.25, -0.2) is 14.8 Å². The van der Waals surface area contributed by atoms with Crippen LogP contribution in [0.4, 0.5) is 0 Å². The number of fused-ring (bicyclic) bond motifs is 1. The van der Waals surface area contributed by atoms with Gasteiger partial charge in [-0.15, -0.1) is 0 Å². The van der Waals surface area contributed by atoms with Gasteiger partial charge in [-0.3, -0.25) is 19.1 Å². The number of H-pyrrole nitrogens is 1. The molecule has 3 aromatic rings. The lowest BCUT2D eigenvalue weighted by Gasteiger charge is -2.15. The molecule has 5 rings (SSSR count). The minimum atomic E-state index is -0.492. The SMILES string of the molecule is Cc1ccc(C)c(C(=O)C(C)Sc2nc(C3CC3)nc3c2c(=O)[nH]c(=O)n3C2CC2)c1. The van der Waals surface area contributed by atoms with E-state index < -0.39 is 16.5 Å². The molecule has 0 bridgehead atoms. The molecule has 1 unspecified atom stereocenters. The van der Waals surface area contributed by atoms with Gasteiger partial charge in [0.1, 0.15) is 16.2 Å². The van der Waals surface area contributed by atoms with Crippen LogP contribution in [0.2, 0.25) is 0 Å². The molecule has 0 saturated heterocycles. The second-order valence-corrected chi connectivity index (χ2v) is 9.99. The Hall–Kier alpha value is -2.74. The van der Waals surface area contributed by atoms with Gasteiger partial charge in [-0.1, -0.05) is 29.5 Å². The molecule has 8 heteroatoms. The van der Waals surface area contributed by atoms with Crippen molar-refractivity contribution in [2.45, 2.75) is 68.7 Å². The predicted octanol–water partition coefficient (Wildman–Crippen LogP) is 3.67. The molecule has 31 heavy (non-hydrogen) atoms.